The number of ketones is 1. The highest BCUT2D eigenvalue weighted by Gasteiger charge is 2.02. The molecule has 0 aliphatic rings. The fourth-order valence-electron chi connectivity index (χ4n) is 2.18. The Kier molecular flexibility index (Phi) is 15.4. The molecule has 0 aliphatic heterocycles. The molecule has 0 amide bonds. The van der Waals surface area contributed by atoms with E-state index >= 15 is 0 Å². The first kappa shape index (κ1) is 22.1. The Bertz CT molecular complexity index is 386. The number of Topliss-reactive ketones (excluding diaryl/α,β-unsaturated/α-hetero) is 1. The molecule has 0 aromatic heterocycles. The van der Waals surface area contributed by atoms with Gasteiger partial charge in [-0.25, -0.2) is 0 Å². The minimum Gasteiger partial charge on any atom is -0.469 e. The molecule has 4 heteroatoms. The first-order valence-electron chi connectivity index (χ1n) is 8.68. The quantitative estimate of drug-likeness (QED) is 0.213. The summed E-state index contributed by atoms with van der Waals surface area (Å²) >= 11 is 3.53. The monoisotopic (exact) mass is 386 g/mol. The van der Waals surface area contributed by atoms with Crippen molar-refractivity contribution < 1.29 is 14.3 Å². The van der Waals surface area contributed by atoms with Crippen LogP contribution < -0.4 is 0 Å². The molecular weight excluding hydrogens is 356 g/mol. The Morgan fingerprint density at radius 1 is 0.957 bits per heavy atom. The van der Waals surface area contributed by atoms with Crippen molar-refractivity contribution in [1.82, 2.24) is 0 Å². The van der Waals surface area contributed by atoms with E-state index in [1.165, 1.54) is 7.11 Å². The third-order valence-electron chi connectivity index (χ3n) is 3.57. The van der Waals surface area contributed by atoms with Gasteiger partial charge in [-0.05, 0) is 36.6 Å². The zero-order valence-corrected chi connectivity index (χ0v) is 16.2. The van der Waals surface area contributed by atoms with Gasteiger partial charge >= 0.3 is 5.97 Å². The third kappa shape index (κ3) is 15.8. The van der Waals surface area contributed by atoms with Gasteiger partial charge < -0.3 is 4.74 Å². The van der Waals surface area contributed by atoms with Crippen LogP contribution in [0.2, 0.25) is 0 Å². The van der Waals surface area contributed by atoms with E-state index in [0.29, 0.717) is 25.0 Å². The molecule has 0 radical (unpaired) electrons. The second-order valence-corrected chi connectivity index (χ2v) is 6.67. The zero-order chi connectivity index (χ0) is 17.3. The number of methoxy groups -OCH3 is 1. The summed E-state index contributed by atoms with van der Waals surface area (Å²) in [6.07, 6.45) is 16.0. The van der Waals surface area contributed by atoms with Gasteiger partial charge in [0.25, 0.3) is 0 Å². The molecule has 0 fully saturated rings. The molecule has 132 valence electrons. The van der Waals surface area contributed by atoms with Crippen LogP contribution in [0.1, 0.15) is 77.6 Å². The molecule has 0 saturated heterocycles. The van der Waals surface area contributed by atoms with Crippen LogP contribution in [-0.2, 0) is 14.3 Å². The summed E-state index contributed by atoms with van der Waals surface area (Å²) in [6.45, 7) is 2.12. The van der Waals surface area contributed by atoms with Gasteiger partial charge in [0.05, 0.1) is 7.11 Å². The van der Waals surface area contributed by atoms with E-state index in [9.17, 15) is 9.59 Å². The molecule has 0 aliphatic carbocycles. The molecular formula is C19H31BrO3. The number of rotatable bonds is 14. The van der Waals surface area contributed by atoms with E-state index < -0.39 is 0 Å². The maximum atomic E-state index is 11.8. The van der Waals surface area contributed by atoms with Gasteiger partial charge in [0.2, 0.25) is 0 Å². The topological polar surface area (TPSA) is 43.4 Å². The van der Waals surface area contributed by atoms with Crippen molar-refractivity contribution in [2.24, 2.45) is 0 Å². The Morgan fingerprint density at radius 2 is 1.61 bits per heavy atom. The molecule has 23 heavy (non-hydrogen) atoms. The minimum absolute atomic E-state index is 0.135. The van der Waals surface area contributed by atoms with Crippen molar-refractivity contribution >= 4 is 27.7 Å². The van der Waals surface area contributed by atoms with E-state index in [2.05, 4.69) is 45.8 Å². The van der Waals surface area contributed by atoms with Gasteiger partial charge in [-0.2, -0.15) is 0 Å². The van der Waals surface area contributed by atoms with Crippen molar-refractivity contribution in [2.75, 3.05) is 7.11 Å². The summed E-state index contributed by atoms with van der Waals surface area (Å²) in [5.74, 6) is 0.213. The Labute approximate surface area is 149 Å². The van der Waals surface area contributed by atoms with E-state index in [1.54, 1.807) is 0 Å². The van der Waals surface area contributed by atoms with E-state index in [0.717, 1.165) is 55.8 Å². The number of carbonyl (C=O) groups excluding carboxylic acids is 2. The smallest absolute Gasteiger partial charge is 0.305 e. The average molecular weight is 387 g/mol. The first-order chi connectivity index (χ1) is 11.1. The maximum absolute atomic E-state index is 11.8. The maximum Gasteiger partial charge on any atom is 0.305 e. The number of ether oxygens (including phenoxy) is 1. The Balaban J connectivity index is 3.52. The largest absolute Gasteiger partial charge is 0.469 e. The highest BCUT2D eigenvalue weighted by Crippen LogP contribution is 2.14. The average Bonchev–Trinajstić information content (AvgIpc) is 2.53. The fourth-order valence-corrected chi connectivity index (χ4v) is 2.60. The highest BCUT2D eigenvalue weighted by atomic mass is 79.9. The zero-order valence-electron chi connectivity index (χ0n) is 14.6. The summed E-state index contributed by atoms with van der Waals surface area (Å²) in [7, 11) is 1.42. The molecule has 0 unspecified atom stereocenters. The molecule has 0 aromatic carbocycles. The summed E-state index contributed by atoms with van der Waals surface area (Å²) in [4.78, 5) is 22.7. The second-order valence-electron chi connectivity index (χ2n) is 5.66. The second kappa shape index (κ2) is 16.0. The first-order valence-corrected chi connectivity index (χ1v) is 9.47. The number of hydrogen-bond donors (Lipinski definition) is 0. The lowest BCUT2D eigenvalue weighted by Crippen LogP contribution is -1.99. The number of carbonyl (C=O) groups is 2. The minimum atomic E-state index is -0.135. The number of halogens is 1. The van der Waals surface area contributed by atoms with Crippen molar-refractivity contribution in [2.45, 2.75) is 77.6 Å². The number of esters is 1. The number of allylic oxidation sites excluding steroid dienone is 4. The van der Waals surface area contributed by atoms with Crippen molar-refractivity contribution in [3.63, 3.8) is 0 Å². The van der Waals surface area contributed by atoms with Gasteiger partial charge in [0.1, 0.15) is 5.78 Å². The van der Waals surface area contributed by atoms with Crippen LogP contribution in [-0.4, -0.2) is 18.9 Å². The number of unbranched alkanes of at least 4 members (excludes halogenated alkanes) is 4. The highest BCUT2D eigenvalue weighted by molar-refractivity contribution is 9.11. The Hall–Kier alpha value is -0.900. The van der Waals surface area contributed by atoms with Gasteiger partial charge in [-0.15, -0.1) is 0 Å². The van der Waals surface area contributed by atoms with Gasteiger partial charge in [0.15, 0.2) is 0 Å². The van der Waals surface area contributed by atoms with Crippen LogP contribution in [0.3, 0.4) is 0 Å². The predicted octanol–water partition coefficient (Wildman–Crippen LogP) is 5.87. The molecule has 0 atom stereocenters. The molecule has 0 N–H and O–H groups in total. The molecule has 0 rings (SSSR count). The van der Waals surface area contributed by atoms with E-state index in [4.69, 9.17) is 0 Å². The summed E-state index contributed by atoms with van der Waals surface area (Å²) in [6, 6.07) is 0. The predicted molar refractivity (Wildman–Crippen MR) is 99.6 cm³/mol. The van der Waals surface area contributed by atoms with Crippen molar-refractivity contribution in [1.29, 1.82) is 0 Å². The molecule has 0 heterocycles. The van der Waals surface area contributed by atoms with Gasteiger partial charge in [-0.3, -0.25) is 9.59 Å². The van der Waals surface area contributed by atoms with Crippen LogP contribution in [0.4, 0.5) is 0 Å². The number of hydrogen-bond acceptors (Lipinski definition) is 3. The third-order valence-corrected chi connectivity index (χ3v) is 4.22. The van der Waals surface area contributed by atoms with Gasteiger partial charge in [0, 0.05) is 19.3 Å². The molecule has 0 spiro atoms. The summed E-state index contributed by atoms with van der Waals surface area (Å²) in [5, 5.41) is 0. The molecule has 0 bridgehead atoms. The van der Waals surface area contributed by atoms with Crippen molar-refractivity contribution in [3.05, 3.63) is 22.7 Å². The van der Waals surface area contributed by atoms with Crippen LogP contribution in [0, 0.1) is 0 Å². The van der Waals surface area contributed by atoms with Crippen molar-refractivity contribution in [3.8, 4) is 0 Å². The Morgan fingerprint density at radius 3 is 2.26 bits per heavy atom. The van der Waals surface area contributed by atoms with Crippen LogP contribution >= 0.6 is 15.9 Å². The van der Waals surface area contributed by atoms with Crippen LogP contribution in [0.15, 0.2) is 22.7 Å². The lowest BCUT2D eigenvalue weighted by Gasteiger charge is -2.02. The van der Waals surface area contributed by atoms with E-state index in [-0.39, 0.29) is 5.97 Å². The lowest BCUT2D eigenvalue weighted by atomic mass is 10.1. The lowest BCUT2D eigenvalue weighted by molar-refractivity contribution is -0.140. The molecule has 3 nitrogen and oxygen atoms in total. The van der Waals surface area contributed by atoms with Crippen LogP contribution in [0.25, 0.3) is 0 Å². The normalized spacial score (nSPS) is 11.9. The summed E-state index contributed by atoms with van der Waals surface area (Å²) < 4.78 is 5.75. The van der Waals surface area contributed by atoms with Gasteiger partial charge in [-0.1, -0.05) is 60.3 Å². The standard InChI is InChI=1S/C19H31BrO3/c1-3-4-8-12-17(20)13-11-15-18(21)14-9-6-5-7-10-16-19(22)23-2/h4,8,13H,3,5-7,9-12,14-16H2,1-2H3/b8-4-,17-13-. The molecule has 0 aromatic rings. The van der Waals surface area contributed by atoms with E-state index in [1.807, 2.05) is 0 Å². The van der Waals surface area contributed by atoms with Crippen LogP contribution in [0.5, 0.6) is 0 Å². The fraction of sp³-hybridized carbons (Fsp3) is 0.684. The SMILES string of the molecule is CC/C=C\C/C(Br)=C/CCC(=O)CCCCCCCC(=O)OC. The summed E-state index contributed by atoms with van der Waals surface area (Å²) in [5.41, 5.74) is 0. The molecule has 0 saturated carbocycles.